The molecule has 0 spiro atoms. The van der Waals surface area contributed by atoms with Crippen molar-refractivity contribution in [2.45, 2.75) is 281 Å². The van der Waals surface area contributed by atoms with E-state index in [2.05, 4.69) is 19.2 Å². The second kappa shape index (κ2) is 38.4. The van der Waals surface area contributed by atoms with E-state index in [-0.39, 0.29) is 12.5 Å². The summed E-state index contributed by atoms with van der Waals surface area (Å²) >= 11 is 0. The maximum atomic E-state index is 13.0. The minimum Gasteiger partial charge on any atom is -0.394 e. The van der Waals surface area contributed by atoms with Crippen molar-refractivity contribution in [3.8, 4) is 0 Å². The molecule has 2 unspecified atom stereocenters. The summed E-state index contributed by atoms with van der Waals surface area (Å²) in [5.41, 5.74) is 0. The third-order valence-electron chi connectivity index (χ3n) is 12.0. The van der Waals surface area contributed by atoms with Crippen LogP contribution >= 0.6 is 0 Å². The molecule has 1 fully saturated rings. The van der Waals surface area contributed by atoms with Gasteiger partial charge >= 0.3 is 0 Å². The SMILES string of the molecule is CCCCCCCCCCCCCCCCCCCCCCC(=O)N[C@@H](CO[C@@H]1O[C@H](CO)[C@H](O)C(O)C1O)[C@H](O)CCCCCCCCCCCCCCC. The first-order chi connectivity index (χ1) is 27.3. The van der Waals surface area contributed by atoms with E-state index in [1.54, 1.807) is 0 Å². The van der Waals surface area contributed by atoms with Crippen molar-refractivity contribution in [2.24, 2.45) is 0 Å². The van der Waals surface area contributed by atoms with E-state index in [0.29, 0.717) is 12.8 Å². The molecular formula is C47H93NO8. The number of nitrogens with one attached hydrogen (secondary N) is 1. The highest BCUT2D eigenvalue weighted by Gasteiger charge is 2.44. The van der Waals surface area contributed by atoms with Gasteiger partial charge in [0.25, 0.3) is 0 Å². The molecule has 1 rings (SSSR count). The van der Waals surface area contributed by atoms with Crippen molar-refractivity contribution in [1.29, 1.82) is 0 Å². The summed E-state index contributed by atoms with van der Waals surface area (Å²) in [6.07, 6.45) is 35.4. The highest BCUT2D eigenvalue weighted by Crippen LogP contribution is 2.23. The molecule has 1 aliphatic heterocycles. The van der Waals surface area contributed by atoms with Gasteiger partial charge in [-0.1, -0.05) is 219 Å². The van der Waals surface area contributed by atoms with Crippen LogP contribution in [0.25, 0.3) is 0 Å². The maximum Gasteiger partial charge on any atom is 0.220 e. The summed E-state index contributed by atoms with van der Waals surface area (Å²) < 4.78 is 11.3. The molecule has 9 heteroatoms. The molecular weight excluding hydrogens is 707 g/mol. The lowest BCUT2D eigenvalue weighted by Crippen LogP contribution is -2.60. The topological polar surface area (TPSA) is 149 Å². The van der Waals surface area contributed by atoms with E-state index in [9.17, 15) is 30.3 Å². The first kappa shape index (κ1) is 53.2. The summed E-state index contributed by atoms with van der Waals surface area (Å²) in [5.74, 6) is -0.140. The van der Waals surface area contributed by atoms with Gasteiger partial charge in [-0.2, -0.15) is 0 Å². The first-order valence-electron chi connectivity index (χ1n) is 24.2. The molecule has 9 nitrogen and oxygen atoms in total. The summed E-state index contributed by atoms with van der Waals surface area (Å²) in [7, 11) is 0. The van der Waals surface area contributed by atoms with E-state index in [1.165, 1.54) is 173 Å². The average Bonchev–Trinajstić information content (AvgIpc) is 3.20. The maximum absolute atomic E-state index is 13.0. The van der Waals surface area contributed by atoms with Crippen molar-refractivity contribution >= 4 is 5.91 Å². The van der Waals surface area contributed by atoms with Gasteiger partial charge < -0.3 is 40.3 Å². The molecule has 1 amide bonds. The Hall–Kier alpha value is -0.810. The van der Waals surface area contributed by atoms with Crippen LogP contribution in [0.3, 0.4) is 0 Å². The van der Waals surface area contributed by atoms with Crippen molar-refractivity contribution in [1.82, 2.24) is 5.32 Å². The summed E-state index contributed by atoms with van der Waals surface area (Å²) in [6.45, 7) is 3.85. The van der Waals surface area contributed by atoms with Crippen molar-refractivity contribution in [3.63, 3.8) is 0 Å². The number of carbonyl (C=O) groups is 1. The molecule has 7 atom stereocenters. The summed E-state index contributed by atoms with van der Waals surface area (Å²) in [5, 5.41) is 54.4. The minimum atomic E-state index is -1.55. The number of amides is 1. The summed E-state index contributed by atoms with van der Waals surface area (Å²) in [4.78, 5) is 13.0. The van der Waals surface area contributed by atoms with E-state index < -0.39 is 49.5 Å². The van der Waals surface area contributed by atoms with Crippen LogP contribution < -0.4 is 5.32 Å². The normalized spacial score (nSPS) is 21.0. The third kappa shape index (κ3) is 28.6. The van der Waals surface area contributed by atoms with Crippen LogP contribution in [-0.2, 0) is 14.3 Å². The Morgan fingerprint density at radius 3 is 1.27 bits per heavy atom. The predicted molar refractivity (Wildman–Crippen MR) is 231 cm³/mol. The Balaban J connectivity index is 2.26. The van der Waals surface area contributed by atoms with Crippen LogP contribution in [0.1, 0.15) is 239 Å². The Kier molecular flexibility index (Phi) is 36.5. The second-order valence-electron chi connectivity index (χ2n) is 17.3. The van der Waals surface area contributed by atoms with Crippen LogP contribution in [-0.4, -0.2) is 87.5 Å². The van der Waals surface area contributed by atoms with Gasteiger partial charge in [0, 0.05) is 6.42 Å². The molecule has 334 valence electrons. The van der Waals surface area contributed by atoms with E-state index >= 15 is 0 Å². The van der Waals surface area contributed by atoms with Gasteiger partial charge in [0.1, 0.15) is 24.4 Å². The van der Waals surface area contributed by atoms with Gasteiger partial charge in [-0.05, 0) is 12.8 Å². The molecule has 1 saturated heterocycles. The van der Waals surface area contributed by atoms with Gasteiger partial charge in [-0.25, -0.2) is 0 Å². The Bertz CT molecular complexity index is 847. The van der Waals surface area contributed by atoms with Crippen molar-refractivity contribution in [2.75, 3.05) is 13.2 Å². The lowest BCUT2D eigenvalue weighted by atomic mass is 9.99. The van der Waals surface area contributed by atoms with Gasteiger partial charge in [-0.3, -0.25) is 4.79 Å². The lowest BCUT2D eigenvalue weighted by molar-refractivity contribution is -0.302. The smallest absolute Gasteiger partial charge is 0.220 e. The molecule has 56 heavy (non-hydrogen) atoms. The number of rotatable bonds is 41. The van der Waals surface area contributed by atoms with Crippen LogP contribution in [0.15, 0.2) is 0 Å². The van der Waals surface area contributed by atoms with Gasteiger partial charge in [0.05, 0.1) is 25.4 Å². The largest absolute Gasteiger partial charge is 0.394 e. The van der Waals surface area contributed by atoms with Crippen molar-refractivity contribution in [3.05, 3.63) is 0 Å². The van der Waals surface area contributed by atoms with Crippen LogP contribution in [0, 0.1) is 0 Å². The van der Waals surface area contributed by atoms with Crippen molar-refractivity contribution < 1.29 is 39.8 Å². The third-order valence-corrected chi connectivity index (χ3v) is 12.0. The highest BCUT2D eigenvalue weighted by molar-refractivity contribution is 5.76. The second-order valence-corrected chi connectivity index (χ2v) is 17.3. The predicted octanol–water partition coefficient (Wildman–Crippen LogP) is 10.3. The molecule has 1 heterocycles. The zero-order valence-corrected chi connectivity index (χ0v) is 36.7. The number of hydrogen-bond donors (Lipinski definition) is 6. The minimum absolute atomic E-state index is 0.132. The Morgan fingerprint density at radius 2 is 0.893 bits per heavy atom. The average molecular weight is 800 g/mol. The number of aliphatic hydroxyl groups excluding tert-OH is 5. The summed E-state index contributed by atoms with van der Waals surface area (Å²) in [6, 6.07) is -0.711. The number of aliphatic hydroxyl groups is 5. The monoisotopic (exact) mass is 800 g/mol. The zero-order valence-electron chi connectivity index (χ0n) is 36.7. The Morgan fingerprint density at radius 1 is 0.536 bits per heavy atom. The van der Waals surface area contributed by atoms with E-state index in [0.717, 1.165) is 38.5 Å². The fourth-order valence-electron chi connectivity index (χ4n) is 8.04. The standard InChI is InChI=1S/C47H93NO8/c1-3-5-7-9-11-13-15-17-18-19-20-21-22-23-25-27-29-31-33-35-37-43(51)48-40(39-55-47-46(54)45(53)44(52)42(38-49)56-47)41(50)36-34-32-30-28-26-24-16-14-12-10-8-6-4-2/h40-42,44-47,49-50,52-54H,3-39H2,1-2H3,(H,48,51)/t40-,41+,42+,44-,45?,46?,47+/m0/s1. The van der Waals surface area contributed by atoms with Gasteiger partial charge in [0.2, 0.25) is 5.91 Å². The molecule has 0 aromatic rings. The molecule has 0 aliphatic carbocycles. The molecule has 1 aliphatic rings. The van der Waals surface area contributed by atoms with Crippen LogP contribution in [0.2, 0.25) is 0 Å². The molecule has 0 radical (unpaired) electrons. The fraction of sp³-hybridized carbons (Fsp3) is 0.979. The van der Waals surface area contributed by atoms with E-state index in [1.807, 2.05) is 0 Å². The van der Waals surface area contributed by atoms with E-state index in [4.69, 9.17) is 9.47 Å². The molecule has 0 aromatic heterocycles. The van der Waals surface area contributed by atoms with Gasteiger partial charge in [0.15, 0.2) is 6.29 Å². The molecule has 0 bridgehead atoms. The highest BCUT2D eigenvalue weighted by atomic mass is 16.7. The van der Waals surface area contributed by atoms with Crippen LogP contribution in [0.5, 0.6) is 0 Å². The quantitative estimate of drug-likeness (QED) is 0.0335. The first-order valence-corrected chi connectivity index (χ1v) is 24.2. The molecule has 6 N–H and O–H groups in total. The number of ether oxygens (including phenoxy) is 2. The number of unbranched alkanes of at least 4 members (excludes halogenated alkanes) is 31. The number of carbonyl (C=O) groups excluding carboxylic acids is 1. The Labute approximate surface area is 344 Å². The lowest BCUT2D eigenvalue weighted by Gasteiger charge is -2.40. The molecule has 0 saturated carbocycles. The van der Waals surface area contributed by atoms with Gasteiger partial charge in [-0.15, -0.1) is 0 Å². The number of hydrogen-bond acceptors (Lipinski definition) is 8. The fourth-order valence-corrected chi connectivity index (χ4v) is 8.04. The zero-order chi connectivity index (χ0) is 40.9. The van der Waals surface area contributed by atoms with Crippen LogP contribution in [0.4, 0.5) is 0 Å². The molecule has 0 aromatic carbocycles.